The number of hydrogen-bond acceptors (Lipinski definition) is 3. The number of nitrogens with zero attached hydrogens (tertiary/aromatic N) is 3. The number of hydrogen-bond donors (Lipinski definition) is 1. The summed E-state index contributed by atoms with van der Waals surface area (Å²) in [4.78, 5) is 9.96. The minimum atomic E-state index is -0.0713. The molecule has 2 aromatic heterocycles. The van der Waals surface area contributed by atoms with Crippen molar-refractivity contribution in [3.63, 3.8) is 0 Å². The number of imidazole rings is 1. The van der Waals surface area contributed by atoms with Gasteiger partial charge in [0.05, 0.1) is 22.3 Å². The van der Waals surface area contributed by atoms with Gasteiger partial charge in [0.1, 0.15) is 11.6 Å². The van der Waals surface area contributed by atoms with Crippen LogP contribution in [0.25, 0.3) is 50.5 Å². The summed E-state index contributed by atoms with van der Waals surface area (Å²) in [6.45, 7) is 11.0. The minimum absolute atomic E-state index is 0.0713. The average Bonchev–Trinajstić information content (AvgIpc) is 3.37. The molecular weight excluding hydrogens is 514 g/mol. The molecule has 42 heavy (non-hydrogen) atoms. The molecule has 6 rings (SSSR count). The number of benzene rings is 4. The van der Waals surface area contributed by atoms with E-state index in [-0.39, 0.29) is 11.2 Å². The molecule has 4 heteroatoms. The van der Waals surface area contributed by atoms with Crippen LogP contribution in [0.5, 0.6) is 5.75 Å². The molecule has 0 saturated heterocycles. The fraction of sp³-hybridized carbons (Fsp3) is 0.211. The summed E-state index contributed by atoms with van der Waals surface area (Å²) in [6, 6.07) is 35.3. The Balaban J connectivity index is 1.55. The van der Waals surface area contributed by atoms with E-state index in [1.165, 1.54) is 5.56 Å². The number of aromatic nitrogens is 3. The van der Waals surface area contributed by atoms with Crippen molar-refractivity contribution in [3.05, 3.63) is 120 Å². The lowest BCUT2D eigenvalue weighted by Gasteiger charge is -2.20. The first kappa shape index (κ1) is 27.5. The first-order chi connectivity index (χ1) is 20.2. The van der Waals surface area contributed by atoms with Crippen LogP contribution in [0.2, 0.25) is 0 Å². The topological polar surface area (TPSA) is 50.9 Å². The van der Waals surface area contributed by atoms with Crippen molar-refractivity contribution in [2.75, 3.05) is 0 Å². The highest BCUT2D eigenvalue weighted by molar-refractivity contribution is 5.96. The molecule has 0 fully saturated rings. The summed E-state index contributed by atoms with van der Waals surface area (Å²) in [6.07, 6.45) is 2.93. The molecule has 0 unspecified atom stereocenters. The lowest BCUT2D eigenvalue weighted by Crippen LogP contribution is -2.11. The average molecular weight is 552 g/mol. The van der Waals surface area contributed by atoms with Crippen molar-refractivity contribution < 1.29 is 5.11 Å². The Bertz CT molecular complexity index is 1880. The van der Waals surface area contributed by atoms with Crippen molar-refractivity contribution in [1.82, 2.24) is 14.5 Å². The van der Waals surface area contributed by atoms with Gasteiger partial charge in [-0.05, 0) is 83.0 Å². The largest absolute Gasteiger partial charge is 0.507 e. The number of rotatable bonds is 6. The fourth-order valence-corrected chi connectivity index (χ4v) is 5.61. The zero-order chi connectivity index (χ0) is 29.4. The smallest absolute Gasteiger partial charge is 0.149 e. The van der Waals surface area contributed by atoms with Gasteiger partial charge >= 0.3 is 0 Å². The second-order valence-electron chi connectivity index (χ2n) is 12.5. The van der Waals surface area contributed by atoms with E-state index in [1.807, 2.05) is 30.5 Å². The lowest BCUT2D eigenvalue weighted by atomic mass is 9.86. The molecule has 210 valence electrons. The van der Waals surface area contributed by atoms with Crippen LogP contribution in [0.4, 0.5) is 0 Å². The molecule has 2 heterocycles. The van der Waals surface area contributed by atoms with E-state index in [4.69, 9.17) is 9.97 Å². The Morgan fingerprint density at radius 1 is 0.762 bits per heavy atom. The van der Waals surface area contributed by atoms with Crippen LogP contribution in [0, 0.1) is 5.92 Å². The Labute approximate surface area is 248 Å². The third-order valence-electron chi connectivity index (χ3n) is 7.74. The van der Waals surface area contributed by atoms with E-state index >= 15 is 0 Å². The van der Waals surface area contributed by atoms with Gasteiger partial charge in [-0.25, -0.2) is 4.98 Å². The SMILES string of the molecule is CC(C)Cc1ccnc(-c2cccc(-c3cccc4c3nc(-c3cc(C(C)(C)C)ccc3O)n4-c3ccccc3)c2)c1. The van der Waals surface area contributed by atoms with Gasteiger partial charge in [-0.3, -0.25) is 9.55 Å². The highest BCUT2D eigenvalue weighted by Crippen LogP contribution is 2.39. The number of phenols is 1. The van der Waals surface area contributed by atoms with Gasteiger partial charge in [-0.15, -0.1) is 0 Å². The van der Waals surface area contributed by atoms with Crippen molar-refractivity contribution >= 4 is 11.0 Å². The normalized spacial score (nSPS) is 11.9. The molecule has 0 radical (unpaired) electrons. The maximum Gasteiger partial charge on any atom is 0.149 e. The first-order valence-corrected chi connectivity index (χ1v) is 14.7. The van der Waals surface area contributed by atoms with Crippen LogP contribution in [0.3, 0.4) is 0 Å². The maximum atomic E-state index is 11.1. The van der Waals surface area contributed by atoms with Crippen molar-refractivity contribution in [2.45, 2.75) is 46.5 Å². The number of aromatic hydroxyl groups is 1. The molecular formula is C38H37N3O. The predicted octanol–water partition coefficient (Wildman–Crippen LogP) is 9.62. The lowest BCUT2D eigenvalue weighted by molar-refractivity contribution is 0.475. The molecule has 6 aromatic rings. The second kappa shape index (κ2) is 10.9. The minimum Gasteiger partial charge on any atom is -0.507 e. The zero-order valence-electron chi connectivity index (χ0n) is 25.0. The zero-order valence-corrected chi connectivity index (χ0v) is 25.0. The molecule has 0 aliphatic carbocycles. The highest BCUT2D eigenvalue weighted by atomic mass is 16.3. The van der Waals surface area contributed by atoms with Gasteiger partial charge in [-0.2, -0.15) is 0 Å². The molecule has 1 N–H and O–H groups in total. The van der Waals surface area contributed by atoms with Gasteiger partial charge in [0, 0.05) is 23.0 Å². The Morgan fingerprint density at radius 2 is 1.52 bits per heavy atom. The molecule has 0 saturated carbocycles. The van der Waals surface area contributed by atoms with Crippen molar-refractivity contribution in [3.8, 4) is 45.2 Å². The molecule has 0 aliphatic heterocycles. The van der Waals surface area contributed by atoms with Crippen LogP contribution in [-0.2, 0) is 11.8 Å². The predicted molar refractivity (Wildman–Crippen MR) is 174 cm³/mol. The molecule has 0 amide bonds. The van der Waals surface area contributed by atoms with E-state index < -0.39 is 0 Å². The van der Waals surface area contributed by atoms with E-state index in [2.05, 4.69) is 112 Å². The van der Waals surface area contributed by atoms with E-state index in [0.29, 0.717) is 17.3 Å². The Hall–Kier alpha value is -4.70. The summed E-state index contributed by atoms with van der Waals surface area (Å²) in [7, 11) is 0. The Morgan fingerprint density at radius 3 is 2.29 bits per heavy atom. The fourth-order valence-electron chi connectivity index (χ4n) is 5.61. The molecule has 0 atom stereocenters. The molecule has 4 aromatic carbocycles. The molecule has 4 nitrogen and oxygen atoms in total. The molecule has 0 spiro atoms. The number of pyridine rings is 1. The van der Waals surface area contributed by atoms with Crippen LogP contribution in [-0.4, -0.2) is 19.6 Å². The van der Waals surface area contributed by atoms with E-state index in [1.54, 1.807) is 6.07 Å². The van der Waals surface area contributed by atoms with Crippen LogP contribution in [0.1, 0.15) is 45.7 Å². The maximum absolute atomic E-state index is 11.1. The van der Waals surface area contributed by atoms with Crippen molar-refractivity contribution in [1.29, 1.82) is 0 Å². The van der Waals surface area contributed by atoms with Gasteiger partial charge in [0.15, 0.2) is 0 Å². The van der Waals surface area contributed by atoms with E-state index in [0.717, 1.165) is 51.1 Å². The van der Waals surface area contributed by atoms with Crippen LogP contribution >= 0.6 is 0 Å². The molecule has 0 bridgehead atoms. The summed E-state index contributed by atoms with van der Waals surface area (Å²) in [5.74, 6) is 1.51. The number of fused-ring (bicyclic) bond motifs is 1. The van der Waals surface area contributed by atoms with Gasteiger partial charge in [-0.1, -0.05) is 89.2 Å². The third-order valence-corrected chi connectivity index (χ3v) is 7.74. The highest BCUT2D eigenvalue weighted by Gasteiger charge is 2.22. The van der Waals surface area contributed by atoms with Gasteiger partial charge in [0.2, 0.25) is 0 Å². The quantitative estimate of drug-likeness (QED) is 0.224. The summed E-state index contributed by atoms with van der Waals surface area (Å²) in [5, 5.41) is 11.1. The Kier molecular flexibility index (Phi) is 7.16. The summed E-state index contributed by atoms with van der Waals surface area (Å²) in [5.41, 5.74) is 10.1. The summed E-state index contributed by atoms with van der Waals surface area (Å²) < 4.78 is 2.15. The molecule has 0 aliphatic rings. The summed E-state index contributed by atoms with van der Waals surface area (Å²) >= 11 is 0. The van der Waals surface area contributed by atoms with Crippen LogP contribution in [0.15, 0.2) is 109 Å². The third kappa shape index (κ3) is 5.33. The van der Waals surface area contributed by atoms with E-state index in [9.17, 15) is 5.11 Å². The van der Waals surface area contributed by atoms with Crippen LogP contribution < -0.4 is 0 Å². The first-order valence-electron chi connectivity index (χ1n) is 14.7. The monoisotopic (exact) mass is 551 g/mol. The second-order valence-corrected chi connectivity index (χ2v) is 12.5. The van der Waals surface area contributed by atoms with Crippen molar-refractivity contribution in [2.24, 2.45) is 5.92 Å². The number of phenolic OH excluding ortho intramolecular Hbond substituents is 1. The van der Waals surface area contributed by atoms with Gasteiger partial charge < -0.3 is 5.11 Å². The standard InChI is InChI=1S/C38H37N3O/c1-25(2)21-26-19-20-39-33(22-26)28-12-9-11-27(23-28)31-15-10-16-34-36(31)40-37(41(34)30-13-7-6-8-14-30)32-24-29(38(3,4)5)17-18-35(32)42/h6-20,22-25,42H,21H2,1-5H3. The van der Waals surface area contributed by atoms with Gasteiger partial charge in [0.25, 0.3) is 0 Å². The number of para-hydroxylation sites is 2.